The first-order valence-corrected chi connectivity index (χ1v) is 11.7. The molecule has 35 heavy (non-hydrogen) atoms. The molecule has 1 N–H and O–H groups in total. The van der Waals surface area contributed by atoms with Crippen LogP contribution in [0.1, 0.15) is 31.7 Å². The molecule has 2 aromatic heterocycles. The van der Waals surface area contributed by atoms with E-state index in [0.29, 0.717) is 31.1 Å². The van der Waals surface area contributed by atoms with E-state index in [2.05, 4.69) is 15.2 Å². The van der Waals surface area contributed by atoms with Gasteiger partial charge in [0.15, 0.2) is 5.82 Å². The third-order valence-electron chi connectivity index (χ3n) is 7.00. The number of benzene rings is 1. The summed E-state index contributed by atoms with van der Waals surface area (Å²) in [4.78, 5) is 31.1. The molecule has 2 aliphatic rings. The Hall–Kier alpha value is -3.66. The summed E-state index contributed by atoms with van der Waals surface area (Å²) in [6, 6.07) is 5.84. The SMILES string of the molecule is CCc1nc(Nc2ccc(-n3cnc(C)c3)c(OC)c2)nc2c1N(C)C(=O)C1(C)CC(OC)CN21. The van der Waals surface area contributed by atoms with E-state index in [1.165, 1.54) is 0 Å². The van der Waals surface area contributed by atoms with Crippen LogP contribution in [0.3, 0.4) is 0 Å². The third-order valence-corrected chi connectivity index (χ3v) is 7.00. The normalized spacial score (nSPS) is 21.2. The van der Waals surface area contributed by atoms with Crippen molar-refractivity contribution in [1.29, 1.82) is 0 Å². The molecule has 0 saturated carbocycles. The number of aromatic nitrogens is 4. The van der Waals surface area contributed by atoms with Crippen LogP contribution in [0.4, 0.5) is 23.1 Å². The highest BCUT2D eigenvalue weighted by Crippen LogP contribution is 2.46. The second-order valence-electron chi connectivity index (χ2n) is 9.26. The van der Waals surface area contributed by atoms with E-state index >= 15 is 0 Å². The second kappa shape index (κ2) is 8.53. The molecule has 0 aliphatic carbocycles. The highest BCUT2D eigenvalue weighted by Gasteiger charge is 2.54. The lowest BCUT2D eigenvalue weighted by molar-refractivity contribution is -0.123. The summed E-state index contributed by atoms with van der Waals surface area (Å²) < 4.78 is 13.2. The summed E-state index contributed by atoms with van der Waals surface area (Å²) in [7, 11) is 5.14. The van der Waals surface area contributed by atoms with Crippen molar-refractivity contribution >= 4 is 29.0 Å². The minimum atomic E-state index is -0.702. The molecule has 1 saturated heterocycles. The molecule has 1 fully saturated rings. The number of likely N-dealkylation sites (N-methyl/N-ethyl adjacent to an activating group) is 1. The predicted octanol–water partition coefficient (Wildman–Crippen LogP) is 3.25. The maximum Gasteiger partial charge on any atom is 0.252 e. The van der Waals surface area contributed by atoms with Crippen molar-refractivity contribution in [2.75, 3.05) is 42.9 Å². The zero-order chi connectivity index (χ0) is 24.9. The molecule has 1 aromatic carbocycles. The number of carbonyl (C=O) groups is 1. The fourth-order valence-electron chi connectivity index (χ4n) is 5.14. The number of fused-ring (bicyclic) bond motifs is 3. The standard InChI is InChI=1S/C25H31N7O3/c1-7-18-21-22(32-13-17(34-5)11-25(32,3)23(33)30(21)4)29-24(28-18)27-16-8-9-19(20(10-16)35-6)31-12-15(2)26-14-31/h8-10,12,14,17H,7,11,13H2,1-6H3,(H,27,28,29). The Kier molecular flexibility index (Phi) is 5.63. The Labute approximate surface area is 204 Å². The molecule has 4 heterocycles. The van der Waals surface area contributed by atoms with Gasteiger partial charge in [-0.25, -0.2) is 9.97 Å². The topological polar surface area (TPSA) is 97.6 Å². The summed E-state index contributed by atoms with van der Waals surface area (Å²) in [5.74, 6) is 1.96. The number of imidazole rings is 1. The van der Waals surface area contributed by atoms with Gasteiger partial charge in [-0.05, 0) is 32.4 Å². The first kappa shape index (κ1) is 23.1. The van der Waals surface area contributed by atoms with Crippen molar-refractivity contribution in [2.45, 2.75) is 45.3 Å². The Bertz CT molecular complexity index is 1290. The van der Waals surface area contributed by atoms with E-state index in [9.17, 15) is 4.79 Å². The Morgan fingerprint density at radius 3 is 2.71 bits per heavy atom. The lowest BCUT2D eigenvalue weighted by Crippen LogP contribution is -2.58. The number of methoxy groups -OCH3 is 2. The zero-order valence-corrected chi connectivity index (χ0v) is 21.0. The van der Waals surface area contributed by atoms with Gasteiger partial charge in [0.2, 0.25) is 5.95 Å². The van der Waals surface area contributed by atoms with Crippen molar-refractivity contribution in [3.05, 3.63) is 42.1 Å². The van der Waals surface area contributed by atoms with E-state index in [4.69, 9.17) is 19.4 Å². The summed E-state index contributed by atoms with van der Waals surface area (Å²) in [6.07, 6.45) is 4.95. The number of anilines is 4. The number of nitrogens with zero attached hydrogens (tertiary/aromatic N) is 6. The van der Waals surface area contributed by atoms with E-state index in [0.717, 1.165) is 34.3 Å². The molecule has 2 aliphatic heterocycles. The second-order valence-corrected chi connectivity index (χ2v) is 9.26. The molecular formula is C25H31N7O3. The fourth-order valence-corrected chi connectivity index (χ4v) is 5.14. The van der Waals surface area contributed by atoms with E-state index in [-0.39, 0.29) is 12.0 Å². The van der Waals surface area contributed by atoms with Gasteiger partial charge in [0, 0.05) is 45.1 Å². The average Bonchev–Trinajstić information content (AvgIpc) is 3.45. The van der Waals surface area contributed by atoms with Gasteiger partial charge in [0.05, 0.1) is 36.6 Å². The van der Waals surface area contributed by atoms with Crippen LogP contribution in [-0.4, -0.2) is 64.9 Å². The molecule has 1 amide bonds. The first-order chi connectivity index (χ1) is 16.8. The molecule has 10 heteroatoms. The van der Waals surface area contributed by atoms with Gasteiger partial charge < -0.3 is 29.2 Å². The van der Waals surface area contributed by atoms with Crippen LogP contribution in [-0.2, 0) is 16.0 Å². The van der Waals surface area contributed by atoms with E-state index < -0.39 is 5.54 Å². The van der Waals surface area contributed by atoms with Gasteiger partial charge in [-0.15, -0.1) is 0 Å². The highest BCUT2D eigenvalue weighted by molar-refractivity contribution is 6.08. The van der Waals surface area contributed by atoms with Crippen LogP contribution in [0.15, 0.2) is 30.7 Å². The van der Waals surface area contributed by atoms with Crippen molar-refractivity contribution in [3.8, 4) is 11.4 Å². The van der Waals surface area contributed by atoms with Crippen molar-refractivity contribution in [3.63, 3.8) is 0 Å². The molecule has 3 aromatic rings. The van der Waals surface area contributed by atoms with Gasteiger partial charge in [0.1, 0.15) is 17.0 Å². The molecular weight excluding hydrogens is 446 g/mol. The number of hydrogen-bond donors (Lipinski definition) is 1. The molecule has 0 bridgehead atoms. The van der Waals surface area contributed by atoms with Gasteiger partial charge in [-0.1, -0.05) is 6.92 Å². The Morgan fingerprint density at radius 1 is 1.26 bits per heavy atom. The summed E-state index contributed by atoms with van der Waals surface area (Å²) in [5.41, 5.74) is 3.49. The fraction of sp³-hybridized carbons (Fsp3) is 0.440. The van der Waals surface area contributed by atoms with E-state index in [1.54, 1.807) is 32.5 Å². The van der Waals surface area contributed by atoms with Crippen LogP contribution in [0.25, 0.3) is 5.69 Å². The van der Waals surface area contributed by atoms with Crippen LogP contribution in [0, 0.1) is 6.92 Å². The van der Waals surface area contributed by atoms with Crippen LogP contribution >= 0.6 is 0 Å². The largest absolute Gasteiger partial charge is 0.494 e. The van der Waals surface area contributed by atoms with Crippen molar-refractivity contribution < 1.29 is 14.3 Å². The number of aryl methyl sites for hydroxylation is 2. The number of carbonyl (C=O) groups excluding carboxylic acids is 1. The number of amides is 1. The molecule has 10 nitrogen and oxygen atoms in total. The van der Waals surface area contributed by atoms with Crippen LogP contribution in [0.5, 0.6) is 5.75 Å². The number of nitrogens with one attached hydrogen (secondary N) is 1. The average molecular weight is 478 g/mol. The van der Waals surface area contributed by atoms with Crippen LogP contribution < -0.4 is 19.9 Å². The monoisotopic (exact) mass is 477 g/mol. The van der Waals surface area contributed by atoms with Crippen LogP contribution in [0.2, 0.25) is 0 Å². The molecule has 0 radical (unpaired) electrons. The van der Waals surface area contributed by atoms with Crippen molar-refractivity contribution in [1.82, 2.24) is 19.5 Å². The molecule has 5 rings (SSSR count). The summed E-state index contributed by atoms with van der Waals surface area (Å²) in [5, 5.41) is 3.34. The lowest BCUT2D eigenvalue weighted by atomic mass is 9.93. The molecule has 2 unspecified atom stereocenters. The third kappa shape index (κ3) is 3.68. The molecule has 0 spiro atoms. The van der Waals surface area contributed by atoms with Gasteiger partial charge in [0.25, 0.3) is 5.91 Å². The summed E-state index contributed by atoms with van der Waals surface area (Å²) >= 11 is 0. The van der Waals surface area contributed by atoms with Gasteiger partial charge >= 0.3 is 0 Å². The smallest absolute Gasteiger partial charge is 0.252 e. The minimum absolute atomic E-state index is 0.0385. The predicted molar refractivity (Wildman–Crippen MR) is 134 cm³/mol. The highest BCUT2D eigenvalue weighted by atomic mass is 16.5. The summed E-state index contributed by atoms with van der Waals surface area (Å²) in [6.45, 7) is 6.55. The van der Waals surface area contributed by atoms with Crippen molar-refractivity contribution in [2.24, 2.45) is 0 Å². The number of rotatable bonds is 6. The zero-order valence-electron chi connectivity index (χ0n) is 21.0. The first-order valence-electron chi connectivity index (χ1n) is 11.7. The lowest BCUT2D eigenvalue weighted by Gasteiger charge is -2.44. The maximum absolute atomic E-state index is 13.4. The molecule has 2 atom stereocenters. The van der Waals surface area contributed by atoms with Gasteiger partial charge in [-0.2, -0.15) is 4.98 Å². The van der Waals surface area contributed by atoms with Gasteiger partial charge in [-0.3, -0.25) is 4.79 Å². The Balaban J connectivity index is 1.54. The minimum Gasteiger partial charge on any atom is -0.494 e. The number of ether oxygens (including phenoxy) is 2. The number of hydrogen-bond acceptors (Lipinski definition) is 8. The maximum atomic E-state index is 13.4. The molecule has 184 valence electrons. The Morgan fingerprint density at radius 2 is 2.06 bits per heavy atom. The van der Waals surface area contributed by atoms with E-state index in [1.807, 2.05) is 49.7 Å². The quantitative estimate of drug-likeness (QED) is 0.578.